The van der Waals surface area contributed by atoms with Crippen molar-refractivity contribution < 1.29 is 17.5 Å². The number of pyridine rings is 1. The van der Waals surface area contributed by atoms with E-state index in [2.05, 4.69) is 34.0 Å². The topological polar surface area (TPSA) is 64.3 Å². The van der Waals surface area contributed by atoms with Gasteiger partial charge in [0.1, 0.15) is 0 Å². The van der Waals surface area contributed by atoms with Crippen LogP contribution in [-0.4, -0.2) is 32.3 Å². The lowest BCUT2D eigenvalue weighted by atomic mass is 9.53. The molecule has 4 aliphatic carbocycles. The second-order valence-electron chi connectivity index (χ2n) is 9.00. The van der Waals surface area contributed by atoms with E-state index in [-0.39, 0.29) is 0 Å². The number of aromatic nitrogens is 1. The predicted molar refractivity (Wildman–Crippen MR) is 99.9 cm³/mol. The first-order chi connectivity index (χ1) is 12.3. The van der Waals surface area contributed by atoms with Gasteiger partial charge in [-0.25, -0.2) is 8.42 Å². The Morgan fingerprint density at radius 1 is 1.00 bits per heavy atom. The molecule has 0 unspecified atom stereocenters. The number of anilines is 1. The van der Waals surface area contributed by atoms with E-state index in [0.29, 0.717) is 11.8 Å². The summed E-state index contributed by atoms with van der Waals surface area (Å²) in [7, 11) is -3.92. The Labute approximate surface area is 157 Å². The molecule has 0 radical (unpaired) electrons. The van der Waals surface area contributed by atoms with E-state index < -0.39 is 10.1 Å². The summed E-state index contributed by atoms with van der Waals surface area (Å²) >= 11 is 0. The van der Waals surface area contributed by atoms with Crippen molar-refractivity contribution >= 4 is 15.8 Å². The van der Waals surface area contributed by atoms with Crippen molar-refractivity contribution in [1.82, 2.24) is 0 Å². The first-order valence-electron chi connectivity index (χ1n) is 9.98. The van der Waals surface area contributed by atoms with Gasteiger partial charge in [-0.15, -0.1) is 0 Å². The molecule has 1 aromatic heterocycles. The highest BCUT2D eigenvalue weighted by Crippen LogP contribution is 2.56. The van der Waals surface area contributed by atoms with Crippen LogP contribution in [0.4, 0.5) is 5.69 Å². The Morgan fingerprint density at radius 3 is 1.85 bits per heavy atom. The van der Waals surface area contributed by atoms with E-state index in [9.17, 15) is 0 Å². The highest BCUT2D eigenvalue weighted by molar-refractivity contribution is 7.84. The van der Waals surface area contributed by atoms with Crippen molar-refractivity contribution in [2.75, 3.05) is 24.2 Å². The fraction of sp³-hybridized carbons (Fsp3) is 0.750. The van der Waals surface area contributed by atoms with E-state index in [1.807, 2.05) is 0 Å². The molecule has 5 aliphatic rings. The number of hydrogen-bond donors (Lipinski definition) is 0. The lowest BCUT2D eigenvalue weighted by Gasteiger charge is -2.53. The molecule has 4 bridgehead atoms. The van der Waals surface area contributed by atoms with Crippen LogP contribution < -0.4 is 9.47 Å². The molecule has 144 valence electrons. The van der Waals surface area contributed by atoms with Gasteiger partial charge in [0.2, 0.25) is 0 Å². The van der Waals surface area contributed by atoms with E-state index in [1.165, 1.54) is 70.1 Å². The molecule has 5 nitrogen and oxygen atoms in total. The Balaban J connectivity index is 0.000000301. The van der Waals surface area contributed by atoms with Gasteiger partial charge in [-0.1, -0.05) is 0 Å². The zero-order chi connectivity index (χ0) is 18.4. The van der Waals surface area contributed by atoms with Gasteiger partial charge in [0, 0.05) is 56.4 Å². The van der Waals surface area contributed by atoms with Crippen molar-refractivity contribution in [3.8, 4) is 0 Å². The van der Waals surface area contributed by atoms with Gasteiger partial charge in [0.05, 0.1) is 10.1 Å². The zero-order valence-corrected chi connectivity index (χ0v) is 16.5. The largest absolute Gasteiger partial charge is 0.748 e. The summed E-state index contributed by atoms with van der Waals surface area (Å²) in [6.45, 7) is 2.50. The molecule has 1 aliphatic heterocycles. The average molecular weight is 379 g/mol. The molecule has 6 rings (SSSR count). The molecule has 6 heteroatoms. The Hall–Kier alpha value is -1.14. The van der Waals surface area contributed by atoms with Crippen molar-refractivity contribution in [3.63, 3.8) is 0 Å². The number of rotatable bonds is 2. The molecule has 26 heavy (non-hydrogen) atoms. The van der Waals surface area contributed by atoms with Crippen LogP contribution in [0.25, 0.3) is 0 Å². The lowest BCUT2D eigenvalue weighted by Crippen LogP contribution is -2.64. The summed E-state index contributed by atoms with van der Waals surface area (Å²) in [5.74, 6) is 3.09. The van der Waals surface area contributed by atoms with Crippen LogP contribution in [0.15, 0.2) is 24.5 Å². The third kappa shape index (κ3) is 3.91. The van der Waals surface area contributed by atoms with Gasteiger partial charge in [-0.3, -0.25) is 0 Å². The van der Waals surface area contributed by atoms with Crippen LogP contribution in [0, 0.1) is 17.8 Å². The lowest BCUT2D eigenvalue weighted by molar-refractivity contribution is -0.776. The highest BCUT2D eigenvalue weighted by atomic mass is 32.2. The molecular formula is C20H30N2O3S. The summed E-state index contributed by atoms with van der Waals surface area (Å²) in [6, 6.07) is 4.76. The summed E-state index contributed by atoms with van der Waals surface area (Å²) in [5, 5.41) is 0. The standard InChI is InChI=1S/C19H27N2.CH4O3S/c1-2-6-20(5-1)18-3-7-21(8-4-18)19-12-15-9-16(13-19)11-17(10-15)14-19;1-5(2,3)4/h3-4,7-8,15-17H,1-2,5-6,9-14H2;1H3,(H,2,3,4)/q+1;/p-1. The molecule has 0 N–H and O–H groups in total. The molecule has 0 aromatic carbocycles. The second-order valence-corrected chi connectivity index (χ2v) is 10.4. The molecule has 1 saturated heterocycles. The first kappa shape index (κ1) is 18.2. The van der Waals surface area contributed by atoms with Gasteiger partial charge in [0.15, 0.2) is 17.9 Å². The van der Waals surface area contributed by atoms with Crippen LogP contribution in [0.3, 0.4) is 0 Å². The van der Waals surface area contributed by atoms with Crippen LogP contribution >= 0.6 is 0 Å². The number of hydrogen-bond acceptors (Lipinski definition) is 4. The van der Waals surface area contributed by atoms with Crippen molar-refractivity contribution in [3.05, 3.63) is 24.5 Å². The van der Waals surface area contributed by atoms with Crippen molar-refractivity contribution in [2.45, 2.75) is 56.9 Å². The monoisotopic (exact) mass is 378 g/mol. The molecular weight excluding hydrogens is 348 g/mol. The smallest absolute Gasteiger partial charge is 0.171 e. The molecule has 2 heterocycles. The van der Waals surface area contributed by atoms with E-state index in [0.717, 1.165) is 17.8 Å². The minimum atomic E-state index is -3.92. The fourth-order valence-electron chi connectivity index (χ4n) is 6.30. The highest BCUT2D eigenvalue weighted by Gasteiger charge is 2.56. The first-order valence-corrected chi connectivity index (χ1v) is 11.8. The van der Waals surface area contributed by atoms with Gasteiger partial charge in [-0.05, 0) is 49.9 Å². The average Bonchev–Trinajstić information content (AvgIpc) is 3.06. The Kier molecular flexibility index (Phi) is 4.76. The second kappa shape index (κ2) is 6.79. The maximum absolute atomic E-state index is 9.08. The van der Waals surface area contributed by atoms with Crippen LogP contribution in [0.1, 0.15) is 51.4 Å². The third-order valence-electron chi connectivity index (χ3n) is 6.84. The molecule has 4 saturated carbocycles. The van der Waals surface area contributed by atoms with Crippen molar-refractivity contribution in [2.24, 2.45) is 17.8 Å². The van der Waals surface area contributed by atoms with Gasteiger partial charge in [-0.2, -0.15) is 4.57 Å². The SMILES string of the molecule is CS(=O)(=O)[O-].c1c[n+](C23CC4CC(CC(C4)C2)C3)ccc1N1CCCC1. The molecule has 0 amide bonds. The molecule has 5 fully saturated rings. The van der Waals surface area contributed by atoms with Gasteiger partial charge < -0.3 is 9.45 Å². The fourth-order valence-corrected chi connectivity index (χ4v) is 6.30. The van der Waals surface area contributed by atoms with E-state index in [1.54, 1.807) is 0 Å². The summed E-state index contributed by atoms with van der Waals surface area (Å²) in [6.07, 6.45) is 17.1. The summed E-state index contributed by atoms with van der Waals surface area (Å²) in [4.78, 5) is 2.55. The van der Waals surface area contributed by atoms with Crippen LogP contribution in [0.2, 0.25) is 0 Å². The normalized spacial score (nSPS) is 35.3. The number of nitrogens with zero attached hydrogens (tertiary/aromatic N) is 2. The molecule has 0 spiro atoms. The molecule has 0 atom stereocenters. The summed E-state index contributed by atoms with van der Waals surface area (Å²) < 4.78 is 29.8. The van der Waals surface area contributed by atoms with Crippen LogP contribution in [0.5, 0.6) is 0 Å². The minimum absolute atomic E-state index is 0.484. The van der Waals surface area contributed by atoms with E-state index >= 15 is 0 Å². The Morgan fingerprint density at radius 2 is 1.42 bits per heavy atom. The maximum Gasteiger partial charge on any atom is 0.171 e. The maximum atomic E-state index is 9.08. The zero-order valence-electron chi connectivity index (χ0n) is 15.6. The van der Waals surface area contributed by atoms with E-state index in [4.69, 9.17) is 13.0 Å². The predicted octanol–water partition coefficient (Wildman–Crippen LogP) is 2.66. The third-order valence-corrected chi connectivity index (χ3v) is 6.84. The molecule has 1 aromatic rings. The quantitative estimate of drug-likeness (QED) is 0.586. The van der Waals surface area contributed by atoms with Gasteiger partial charge in [0.25, 0.3) is 0 Å². The minimum Gasteiger partial charge on any atom is -0.748 e. The van der Waals surface area contributed by atoms with Crippen LogP contribution in [-0.2, 0) is 15.7 Å². The summed E-state index contributed by atoms with van der Waals surface area (Å²) in [5.41, 5.74) is 1.92. The Bertz CT molecular complexity index is 696. The van der Waals surface area contributed by atoms with Crippen molar-refractivity contribution in [1.29, 1.82) is 0 Å². The van der Waals surface area contributed by atoms with Gasteiger partial charge >= 0.3 is 0 Å².